The standard InChI is InChI=1S/C7H5NS/c1-2-4-7-6(3-1)8-5-9-7/h1-5H/i5T. The molecule has 0 aliphatic heterocycles. The van der Waals surface area contributed by atoms with E-state index in [9.17, 15) is 0 Å². The molecule has 0 N–H and O–H groups in total. The molecule has 0 saturated heterocycles. The quantitative estimate of drug-likeness (QED) is 0.543. The molecule has 9 heavy (non-hydrogen) atoms. The van der Waals surface area contributed by atoms with Crippen LogP contribution < -0.4 is 0 Å². The molecule has 0 radical (unpaired) electrons. The van der Waals surface area contributed by atoms with E-state index >= 15 is 0 Å². The molecule has 0 unspecified atom stereocenters. The van der Waals surface area contributed by atoms with Crippen molar-refractivity contribution < 1.29 is 1.37 Å². The van der Waals surface area contributed by atoms with Crippen LogP contribution >= 0.6 is 11.3 Å². The third-order valence-electron chi connectivity index (χ3n) is 1.19. The first-order valence-electron chi connectivity index (χ1n) is 3.18. The number of benzene rings is 1. The van der Waals surface area contributed by atoms with Crippen LogP contribution in [-0.4, -0.2) is 4.98 Å². The van der Waals surface area contributed by atoms with Crippen molar-refractivity contribution in [2.75, 3.05) is 0 Å². The molecule has 1 nitrogen and oxygen atoms in total. The summed E-state index contributed by atoms with van der Waals surface area (Å²) in [6.45, 7) is 0. The summed E-state index contributed by atoms with van der Waals surface area (Å²) in [6, 6.07) is 7.79. The highest BCUT2D eigenvalue weighted by Crippen LogP contribution is 2.15. The zero-order valence-electron chi connectivity index (χ0n) is 5.66. The summed E-state index contributed by atoms with van der Waals surface area (Å²) in [6.07, 6.45) is 0. The number of aromatic nitrogens is 1. The van der Waals surface area contributed by atoms with E-state index in [1.54, 1.807) is 0 Å². The number of hydrogen-bond acceptors (Lipinski definition) is 2. The maximum atomic E-state index is 7.23. The van der Waals surface area contributed by atoms with Gasteiger partial charge < -0.3 is 0 Å². The Bertz CT molecular complexity index is 322. The smallest absolute Gasteiger partial charge is 0.0960 e. The predicted octanol–water partition coefficient (Wildman–Crippen LogP) is 2.30. The Balaban J connectivity index is 2.88. The predicted molar refractivity (Wildman–Crippen MR) is 39.6 cm³/mol. The first kappa shape index (κ1) is 4.01. The van der Waals surface area contributed by atoms with Gasteiger partial charge >= 0.3 is 0 Å². The van der Waals surface area contributed by atoms with Crippen molar-refractivity contribution in [2.24, 2.45) is 0 Å². The van der Waals surface area contributed by atoms with Crippen LogP contribution in [0.5, 0.6) is 0 Å². The van der Waals surface area contributed by atoms with Gasteiger partial charge in [0.2, 0.25) is 0 Å². The Hall–Kier alpha value is -0.890. The molecule has 0 atom stereocenters. The van der Waals surface area contributed by atoms with Crippen LogP contribution in [0.3, 0.4) is 0 Å². The molecule has 0 fully saturated rings. The summed E-state index contributed by atoms with van der Waals surface area (Å²) in [5, 5.41) is 0. The highest BCUT2D eigenvalue weighted by atomic mass is 32.1. The molecule has 44 valence electrons. The second-order valence-electron chi connectivity index (χ2n) is 1.77. The first-order valence-corrected chi connectivity index (χ1v) is 3.50. The molecule has 0 saturated carbocycles. The molecular formula is C7H5NS. The van der Waals surface area contributed by atoms with Gasteiger partial charge in [-0.15, -0.1) is 11.3 Å². The van der Waals surface area contributed by atoms with Gasteiger partial charge in [-0.1, -0.05) is 12.1 Å². The van der Waals surface area contributed by atoms with Crippen LogP contribution in [0.4, 0.5) is 0 Å². The largest absolute Gasteiger partial charge is 0.245 e. The van der Waals surface area contributed by atoms with Gasteiger partial charge in [-0.2, -0.15) is 0 Å². The normalized spacial score (nSPS) is 11.8. The zero-order chi connectivity index (χ0) is 6.97. The van der Waals surface area contributed by atoms with Gasteiger partial charge in [0.1, 0.15) is 0 Å². The molecular weight excluding hydrogens is 130 g/mol. The fourth-order valence-electron chi connectivity index (χ4n) is 0.757. The summed E-state index contributed by atoms with van der Waals surface area (Å²) in [4.78, 5) is 4.00. The molecule has 0 bridgehead atoms. The van der Waals surface area contributed by atoms with Gasteiger partial charge in [0, 0.05) is 0 Å². The van der Waals surface area contributed by atoms with Crippen LogP contribution in [0.1, 0.15) is 1.37 Å². The van der Waals surface area contributed by atoms with E-state index in [1.165, 1.54) is 11.3 Å². The lowest BCUT2D eigenvalue weighted by atomic mass is 10.3. The van der Waals surface area contributed by atoms with Gasteiger partial charge in [-0.3, -0.25) is 0 Å². The van der Waals surface area contributed by atoms with Crippen LogP contribution in [-0.2, 0) is 0 Å². The molecule has 1 heterocycles. The van der Waals surface area contributed by atoms with E-state index in [-0.39, 0.29) is 0 Å². The summed E-state index contributed by atoms with van der Waals surface area (Å²) < 4.78 is 8.32. The number of rotatable bonds is 0. The Kier molecular flexibility index (Phi) is 0.807. The highest BCUT2D eigenvalue weighted by molar-refractivity contribution is 7.16. The van der Waals surface area contributed by atoms with Crippen LogP contribution in [0.2, 0.25) is 0 Å². The Morgan fingerprint density at radius 2 is 2.33 bits per heavy atom. The molecule has 2 aromatic rings. The summed E-state index contributed by atoms with van der Waals surface area (Å²) in [7, 11) is 0. The number of para-hydroxylation sites is 1. The lowest BCUT2D eigenvalue weighted by Crippen LogP contribution is -1.61. The van der Waals surface area contributed by atoms with Crippen molar-refractivity contribution in [3.8, 4) is 0 Å². The number of thiazole rings is 1. The summed E-state index contributed by atoms with van der Waals surface area (Å²) >= 11 is 1.41. The van der Waals surface area contributed by atoms with E-state index in [1.807, 2.05) is 24.3 Å². The van der Waals surface area contributed by atoms with Crippen molar-refractivity contribution in [2.45, 2.75) is 0 Å². The molecule has 0 aliphatic carbocycles. The fourth-order valence-corrected chi connectivity index (χ4v) is 1.36. The minimum absolute atomic E-state index is 0.390. The third-order valence-corrected chi connectivity index (χ3v) is 1.93. The van der Waals surface area contributed by atoms with Crippen molar-refractivity contribution in [1.29, 1.82) is 0 Å². The van der Waals surface area contributed by atoms with Crippen LogP contribution in [0.15, 0.2) is 29.8 Å². The van der Waals surface area contributed by atoms with Gasteiger partial charge in [-0.25, -0.2) is 4.98 Å². The monoisotopic (exact) mass is 137 g/mol. The van der Waals surface area contributed by atoms with E-state index in [0.717, 1.165) is 10.2 Å². The van der Waals surface area contributed by atoms with Gasteiger partial charge in [0.15, 0.2) is 0 Å². The Labute approximate surface area is 58.4 Å². The van der Waals surface area contributed by atoms with Crippen LogP contribution in [0.25, 0.3) is 10.2 Å². The van der Waals surface area contributed by atoms with Crippen molar-refractivity contribution in [1.82, 2.24) is 4.98 Å². The Morgan fingerprint density at radius 3 is 3.22 bits per heavy atom. The van der Waals surface area contributed by atoms with E-state index in [0.29, 0.717) is 5.49 Å². The lowest BCUT2D eigenvalue weighted by Gasteiger charge is -1.80. The highest BCUT2D eigenvalue weighted by Gasteiger charge is 1.89. The number of hydrogen-bond donors (Lipinski definition) is 0. The average molecular weight is 137 g/mol. The third kappa shape index (κ3) is 0.715. The van der Waals surface area contributed by atoms with Crippen molar-refractivity contribution in [3.05, 3.63) is 29.8 Å². The van der Waals surface area contributed by atoms with Crippen LogP contribution in [0, 0.1) is 0 Å². The molecule has 0 spiro atoms. The SMILES string of the molecule is [3H]c1nc2ccccc2s1. The second-order valence-corrected chi connectivity index (χ2v) is 2.60. The maximum Gasteiger partial charge on any atom is 0.0960 e. The Morgan fingerprint density at radius 1 is 1.44 bits per heavy atom. The maximum absolute atomic E-state index is 7.23. The lowest BCUT2D eigenvalue weighted by molar-refractivity contribution is 1.50. The summed E-state index contributed by atoms with van der Waals surface area (Å²) in [5.41, 5.74) is 1.32. The minimum Gasteiger partial charge on any atom is -0.245 e. The summed E-state index contributed by atoms with van der Waals surface area (Å²) in [5.74, 6) is 0. The molecule has 2 heteroatoms. The van der Waals surface area contributed by atoms with Gasteiger partial charge in [-0.05, 0) is 12.1 Å². The molecule has 1 aromatic carbocycles. The number of nitrogens with zero attached hydrogens (tertiary/aromatic N) is 1. The van der Waals surface area contributed by atoms with Gasteiger partial charge in [0.05, 0.1) is 17.1 Å². The zero-order valence-corrected chi connectivity index (χ0v) is 5.48. The molecule has 1 aromatic heterocycles. The van der Waals surface area contributed by atoms with E-state index in [4.69, 9.17) is 1.37 Å². The topological polar surface area (TPSA) is 12.9 Å². The molecule has 0 amide bonds. The minimum atomic E-state index is 0.390. The van der Waals surface area contributed by atoms with Crippen molar-refractivity contribution in [3.63, 3.8) is 0 Å². The van der Waals surface area contributed by atoms with Gasteiger partial charge in [0.25, 0.3) is 0 Å². The van der Waals surface area contributed by atoms with E-state index < -0.39 is 0 Å². The van der Waals surface area contributed by atoms with E-state index in [2.05, 4.69) is 4.98 Å². The van der Waals surface area contributed by atoms with Crippen molar-refractivity contribution >= 4 is 21.6 Å². The fraction of sp³-hybridized carbons (Fsp3) is 0. The number of fused-ring (bicyclic) bond motifs is 1. The molecule has 0 aliphatic rings. The second kappa shape index (κ2) is 1.81. The average Bonchev–Trinajstić information content (AvgIpc) is 2.27. The molecule has 2 rings (SSSR count). The first-order chi connectivity index (χ1) is 4.86.